The summed E-state index contributed by atoms with van der Waals surface area (Å²) in [6, 6.07) is 6.30. The lowest BCUT2D eigenvalue weighted by molar-refractivity contribution is -0.157. The quantitative estimate of drug-likeness (QED) is 0.856. The standard InChI is InChI=1S/C16H20N2O5/c1-16(2,3)23-14(20)10-22-12-6-4-5-11(9-12)18-8-7-13(19)17-15(18)21/h4-6,9H,7-8,10H2,1-3H3,(H,17,19,21). The summed E-state index contributed by atoms with van der Waals surface area (Å²) in [6.07, 6.45) is 0.245. The Bertz CT molecular complexity index is 621. The molecule has 1 fully saturated rings. The van der Waals surface area contributed by atoms with E-state index in [0.29, 0.717) is 18.0 Å². The molecule has 0 bridgehead atoms. The number of benzene rings is 1. The number of hydrogen-bond acceptors (Lipinski definition) is 5. The topological polar surface area (TPSA) is 84.9 Å². The van der Waals surface area contributed by atoms with Gasteiger partial charge in [-0.15, -0.1) is 0 Å². The van der Waals surface area contributed by atoms with Crippen LogP contribution >= 0.6 is 0 Å². The summed E-state index contributed by atoms with van der Waals surface area (Å²) < 4.78 is 10.6. The van der Waals surface area contributed by atoms with Gasteiger partial charge in [0.15, 0.2) is 6.61 Å². The largest absolute Gasteiger partial charge is 0.482 e. The second-order valence-corrected chi connectivity index (χ2v) is 6.13. The van der Waals surface area contributed by atoms with Crippen molar-refractivity contribution in [2.24, 2.45) is 0 Å². The van der Waals surface area contributed by atoms with E-state index >= 15 is 0 Å². The molecule has 0 unspecified atom stereocenters. The molecule has 0 saturated carbocycles. The number of nitrogens with zero attached hydrogens (tertiary/aromatic N) is 1. The molecule has 1 aromatic rings. The molecule has 1 heterocycles. The average molecular weight is 320 g/mol. The van der Waals surface area contributed by atoms with Gasteiger partial charge in [-0.3, -0.25) is 15.0 Å². The zero-order valence-corrected chi connectivity index (χ0v) is 13.4. The number of carbonyl (C=O) groups excluding carboxylic acids is 3. The van der Waals surface area contributed by atoms with Gasteiger partial charge in [-0.1, -0.05) is 6.07 Å². The summed E-state index contributed by atoms with van der Waals surface area (Å²) in [5, 5.41) is 2.26. The lowest BCUT2D eigenvalue weighted by Crippen LogP contribution is -2.49. The maximum Gasteiger partial charge on any atom is 0.344 e. The van der Waals surface area contributed by atoms with Gasteiger partial charge in [0.25, 0.3) is 0 Å². The van der Waals surface area contributed by atoms with Crippen molar-refractivity contribution in [3.63, 3.8) is 0 Å². The summed E-state index contributed by atoms with van der Waals surface area (Å²) >= 11 is 0. The van der Waals surface area contributed by atoms with Crippen molar-refractivity contribution >= 4 is 23.6 Å². The lowest BCUT2D eigenvalue weighted by atomic mass is 10.2. The number of esters is 1. The van der Waals surface area contributed by atoms with Crippen LogP contribution in [0.15, 0.2) is 24.3 Å². The van der Waals surface area contributed by atoms with E-state index in [2.05, 4.69) is 5.32 Å². The maximum absolute atomic E-state index is 11.8. The monoisotopic (exact) mass is 320 g/mol. The van der Waals surface area contributed by atoms with Crippen molar-refractivity contribution in [1.82, 2.24) is 5.32 Å². The summed E-state index contributed by atoms with van der Waals surface area (Å²) in [5.41, 5.74) is 0.0254. The van der Waals surface area contributed by atoms with Gasteiger partial charge in [-0.05, 0) is 32.9 Å². The Labute approximate surface area is 134 Å². The van der Waals surface area contributed by atoms with Gasteiger partial charge in [-0.25, -0.2) is 9.59 Å². The van der Waals surface area contributed by atoms with E-state index in [1.165, 1.54) is 4.90 Å². The van der Waals surface area contributed by atoms with Gasteiger partial charge in [0.1, 0.15) is 11.4 Å². The highest BCUT2D eigenvalue weighted by molar-refractivity contribution is 6.05. The number of hydrogen-bond donors (Lipinski definition) is 1. The highest BCUT2D eigenvalue weighted by Crippen LogP contribution is 2.23. The van der Waals surface area contributed by atoms with Crippen LogP contribution in [0.4, 0.5) is 10.5 Å². The van der Waals surface area contributed by atoms with Gasteiger partial charge < -0.3 is 9.47 Å². The van der Waals surface area contributed by atoms with E-state index in [9.17, 15) is 14.4 Å². The van der Waals surface area contributed by atoms with E-state index in [1.54, 1.807) is 45.0 Å². The Kier molecular flexibility index (Phi) is 4.88. The Balaban J connectivity index is 1.99. The zero-order valence-electron chi connectivity index (χ0n) is 13.4. The van der Waals surface area contributed by atoms with Gasteiger partial charge in [0.2, 0.25) is 5.91 Å². The number of urea groups is 1. The van der Waals surface area contributed by atoms with Crippen molar-refractivity contribution in [2.45, 2.75) is 32.8 Å². The number of nitrogens with one attached hydrogen (secondary N) is 1. The summed E-state index contributed by atoms with van der Waals surface area (Å²) in [4.78, 5) is 36.1. The molecule has 1 N–H and O–H groups in total. The van der Waals surface area contributed by atoms with Crippen LogP contribution < -0.4 is 15.0 Å². The van der Waals surface area contributed by atoms with Crippen LogP contribution in [0.1, 0.15) is 27.2 Å². The van der Waals surface area contributed by atoms with Gasteiger partial charge in [-0.2, -0.15) is 0 Å². The molecular weight excluding hydrogens is 300 g/mol. The SMILES string of the molecule is CC(C)(C)OC(=O)COc1cccc(N2CCC(=O)NC2=O)c1. The third-order valence-corrected chi connectivity index (χ3v) is 2.96. The first-order valence-corrected chi connectivity index (χ1v) is 7.31. The smallest absolute Gasteiger partial charge is 0.344 e. The van der Waals surface area contributed by atoms with Crippen molar-refractivity contribution < 1.29 is 23.9 Å². The average Bonchev–Trinajstić information content (AvgIpc) is 2.43. The highest BCUT2D eigenvalue weighted by Gasteiger charge is 2.24. The van der Waals surface area contributed by atoms with E-state index in [1.807, 2.05) is 0 Å². The first kappa shape index (κ1) is 16.8. The van der Waals surface area contributed by atoms with Crippen LogP contribution in [0, 0.1) is 0 Å². The highest BCUT2D eigenvalue weighted by atomic mass is 16.6. The van der Waals surface area contributed by atoms with Crippen molar-refractivity contribution in [3.05, 3.63) is 24.3 Å². The zero-order chi connectivity index (χ0) is 17.0. The predicted octanol–water partition coefficient (Wildman–Crippen LogP) is 1.85. The third kappa shape index (κ3) is 4.98. The summed E-state index contributed by atoms with van der Waals surface area (Å²) in [7, 11) is 0. The minimum atomic E-state index is -0.569. The molecule has 0 radical (unpaired) electrons. The molecule has 124 valence electrons. The van der Waals surface area contributed by atoms with Crippen molar-refractivity contribution in [2.75, 3.05) is 18.1 Å². The number of anilines is 1. The molecular formula is C16H20N2O5. The molecule has 7 nitrogen and oxygen atoms in total. The van der Waals surface area contributed by atoms with Crippen LogP contribution in [-0.2, 0) is 14.3 Å². The molecule has 1 aliphatic heterocycles. The summed E-state index contributed by atoms with van der Waals surface area (Å²) in [5.74, 6) is -0.314. The molecule has 1 aliphatic rings. The minimum Gasteiger partial charge on any atom is -0.482 e. The summed E-state index contributed by atoms with van der Waals surface area (Å²) in [6.45, 7) is 5.43. The Morgan fingerprint density at radius 3 is 2.70 bits per heavy atom. The van der Waals surface area contributed by atoms with Crippen LogP contribution in [0.5, 0.6) is 5.75 Å². The van der Waals surface area contributed by atoms with E-state index in [0.717, 1.165) is 0 Å². The van der Waals surface area contributed by atoms with E-state index in [-0.39, 0.29) is 18.9 Å². The fourth-order valence-corrected chi connectivity index (χ4v) is 2.06. The molecule has 1 saturated heterocycles. The fourth-order valence-electron chi connectivity index (χ4n) is 2.06. The Morgan fingerprint density at radius 2 is 2.04 bits per heavy atom. The molecule has 7 heteroatoms. The molecule has 0 aromatic heterocycles. The maximum atomic E-state index is 11.8. The molecule has 3 amide bonds. The van der Waals surface area contributed by atoms with Gasteiger partial charge in [0.05, 0.1) is 0 Å². The van der Waals surface area contributed by atoms with Gasteiger partial charge >= 0.3 is 12.0 Å². The third-order valence-electron chi connectivity index (χ3n) is 2.96. The number of rotatable bonds is 4. The minimum absolute atomic E-state index is 0.217. The Morgan fingerprint density at radius 1 is 1.30 bits per heavy atom. The van der Waals surface area contributed by atoms with Crippen LogP contribution in [0.25, 0.3) is 0 Å². The molecule has 1 aromatic carbocycles. The lowest BCUT2D eigenvalue weighted by Gasteiger charge is -2.26. The van der Waals surface area contributed by atoms with E-state index in [4.69, 9.17) is 9.47 Å². The van der Waals surface area contributed by atoms with Crippen LogP contribution in [0.3, 0.4) is 0 Å². The molecule has 0 atom stereocenters. The number of carbonyl (C=O) groups is 3. The van der Waals surface area contributed by atoms with E-state index < -0.39 is 17.6 Å². The Hall–Kier alpha value is -2.57. The van der Waals surface area contributed by atoms with Crippen LogP contribution in [-0.4, -0.2) is 36.7 Å². The van der Waals surface area contributed by atoms with Crippen molar-refractivity contribution in [1.29, 1.82) is 0 Å². The number of ether oxygens (including phenoxy) is 2. The molecule has 2 rings (SSSR count). The van der Waals surface area contributed by atoms with Crippen molar-refractivity contribution in [3.8, 4) is 5.75 Å². The van der Waals surface area contributed by atoms with Gasteiger partial charge in [0, 0.05) is 24.7 Å². The normalized spacial score (nSPS) is 15.2. The number of amides is 3. The fraction of sp³-hybridized carbons (Fsp3) is 0.438. The molecule has 0 spiro atoms. The number of imide groups is 1. The molecule has 23 heavy (non-hydrogen) atoms. The second kappa shape index (κ2) is 6.68. The second-order valence-electron chi connectivity index (χ2n) is 6.13. The first-order valence-electron chi connectivity index (χ1n) is 7.31. The van der Waals surface area contributed by atoms with Crippen LogP contribution in [0.2, 0.25) is 0 Å². The first-order chi connectivity index (χ1) is 10.7. The molecule has 0 aliphatic carbocycles. The predicted molar refractivity (Wildman–Crippen MR) is 83.3 cm³/mol.